The fourth-order valence-corrected chi connectivity index (χ4v) is 2.21. The van der Waals surface area contributed by atoms with Gasteiger partial charge in [-0.15, -0.1) is 0 Å². The number of hydrogen-bond donors (Lipinski definition) is 2. The van der Waals surface area contributed by atoms with Gasteiger partial charge in [-0.3, -0.25) is 5.10 Å². The molecule has 3 heterocycles. The minimum Gasteiger partial charge on any atom is -0.354 e. The quantitative estimate of drug-likeness (QED) is 0.732. The zero-order chi connectivity index (χ0) is 11.0. The van der Waals surface area contributed by atoms with E-state index in [1.165, 1.54) is 0 Å². The van der Waals surface area contributed by atoms with E-state index in [0.29, 0.717) is 0 Å². The molecule has 3 rings (SSSR count). The van der Waals surface area contributed by atoms with Crippen molar-refractivity contribution in [2.45, 2.75) is 18.9 Å². The van der Waals surface area contributed by atoms with Gasteiger partial charge in [0, 0.05) is 20.6 Å². The highest BCUT2D eigenvalue weighted by molar-refractivity contribution is 5.86. The normalized spacial score (nSPS) is 21.6. The first kappa shape index (κ1) is 9.53. The highest BCUT2D eigenvalue weighted by Gasteiger charge is 2.20. The van der Waals surface area contributed by atoms with E-state index in [2.05, 4.69) is 25.1 Å². The van der Waals surface area contributed by atoms with Crippen molar-refractivity contribution in [3.63, 3.8) is 0 Å². The maximum absolute atomic E-state index is 5.97. The lowest BCUT2D eigenvalue weighted by Crippen LogP contribution is -2.43. The molecule has 0 spiro atoms. The molecular formula is C10H16N6. The number of aromatic amines is 1. The first-order chi connectivity index (χ1) is 7.84. The van der Waals surface area contributed by atoms with Gasteiger partial charge in [0.05, 0.1) is 11.6 Å². The summed E-state index contributed by atoms with van der Waals surface area (Å²) in [5, 5.41) is 7.81. The molecular weight excluding hydrogens is 204 g/mol. The molecule has 0 aliphatic carbocycles. The summed E-state index contributed by atoms with van der Waals surface area (Å²) in [5.74, 6) is 0.939. The van der Waals surface area contributed by atoms with Crippen molar-refractivity contribution in [2.75, 3.05) is 18.0 Å². The molecule has 1 atom stereocenters. The predicted octanol–water partition coefficient (Wildman–Crippen LogP) is 0.526. The summed E-state index contributed by atoms with van der Waals surface area (Å²) in [6.07, 6.45) is 5.54. The summed E-state index contributed by atoms with van der Waals surface area (Å²) in [7, 11) is 0. The molecule has 1 aliphatic rings. The topological polar surface area (TPSA) is 83.7 Å². The Morgan fingerprint density at radius 3 is 3.31 bits per heavy atom. The first-order valence-electron chi connectivity index (χ1n) is 5.49. The van der Waals surface area contributed by atoms with Crippen LogP contribution in [0.15, 0.2) is 12.5 Å². The lowest BCUT2D eigenvalue weighted by atomic mass is 10.1. The highest BCUT2D eigenvalue weighted by Crippen LogP contribution is 2.23. The van der Waals surface area contributed by atoms with Crippen LogP contribution >= 0.6 is 0 Å². The number of anilines is 1. The number of nitrogens with zero attached hydrogens (tertiary/aromatic N) is 4. The monoisotopic (exact) mass is 220 g/mol. The van der Waals surface area contributed by atoms with Crippen molar-refractivity contribution in [3.8, 4) is 0 Å². The Kier molecular flexibility index (Phi) is 2.21. The number of nitrogens with one attached hydrogen (secondary N) is 1. The number of piperidine rings is 1. The minimum atomic E-state index is 0. The molecule has 6 nitrogen and oxygen atoms in total. The number of H-pyrrole nitrogens is 1. The molecule has 2 aromatic heterocycles. The van der Waals surface area contributed by atoms with Gasteiger partial charge in [0.25, 0.3) is 0 Å². The number of fused-ring (bicyclic) bond motifs is 1. The molecule has 0 radical (unpaired) electrons. The van der Waals surface area contributed by atoms with Crippen molar-refractivity contribution in [2.24, 2.45) is 5.73 Å². The lowest BCUT2D eigenvalue weighted by molar-refractivity contribution is 0.504. The van der Waals surface area contributed by atoms with Crippen LogP contribution in [0.5, 0.6) is 0 Å². The summed E-state index contributed by atoms with van der Waals surface area (Å²) in [6.45, 7) is 1.86. The summed E-state index contributed by atoms with van der Waals surface area (Å²) in [5.41, 5.74) is 6.75. The van der Waals surface area contributed by atoms with Crippen LogP contribution < -0.4 is 10.6 Å². The molecule has 2 aromatic rings. The van der Waals surface area contributed by atoms with Gasteiger partial charge in [-0.05, 0) is 12.8 Å². The van der Waals surface area contributed by atoms with Gasteiger partial charge in [0.15, 0.2) is 5.65 Å². The summed E-state index contributed by atoms with van der Waals surface area (Å²) in [4.78, 5) is 10.7. The average molecular weight is 220 g/mol. The van der Waals surface area contributed by atoms with Gasteiger partial charge in [0.2, 0.25) is 0 Å². The van der Waals surface area contributed by atoms with E-state index in [-0.39, 0.29) is 7.47 Å². The third-order valence-corrected chi connectivity index (χ3v) is 2.98. The molecule has 86 valence electrons. The molecule has 1 saturated heterocycles. The van der Waals surface area contributed by atoms with Crippen molar-refractivity contribution in [3.05, 3.63) is 12.5 Å². The zero-order valence-electron chi connectivity index (χ0n) is 8.93. The van der Waals surface area contributed by atoms with Gasteiger partial charge in [0.1, 0.15) is 12.1 Å². The molecule has 1 fully saturated rings. The molecule has 1 aliphatic heterocycles. The van der Waals surface area contributed by atoms with Crippen LogP contribution in [0.2, 0.25) is 0 Å². The van der Waals surface area contributed by atoms with E-state index in [4.69, 9.17) is 5.73 Å². The molecule has 0 saturated carbocycles. The Bertz CT molecular complexity index is 498. The lowest BCUT2D eigenvalue weighted by Gasteiger charge is -2.31. The molecule has 0 amide bonds. The molecule has 0 unspecified atom stereocenters. The minimum absolute atomic E-state index is 0. The second kappa shape index (κ2) is 3.71. The van der Waals surface area contributed by atoms with Crippen LogP contribution in [-0.4, -0.2) is 39.3 Å². The van der Waals surface area contributed by atoms with E-state index >= 15 is 0 Å². The Morgan fingerprint density at radius 1 is 1.50 bits per heavy atom. The van der Waals surface area contributed by atoms with Crippen LogP contribution in [0.4, 0.5) is 5.82 Å². The Morgan fingerprint density at radius 2 is 2.44 bits per heavy atom. The van der Waals surface area contributed by atoms with E-state index in [1.54, 1.807) is 12.5 Å². The van der Waals surface area contributed by atoms with Crippen molar-refractivity contribution >= 4 is 16.9 Å². The Hall–Kier alpha value is -1.69. The van der Waals surface area contributed by atoms with Crippen LogP contribution in [0.25, 0.3) is 11.0 Å². The molecule has 0 aromatic carbocycles. The van der Waals surface area contributed by atoms with Gasteiger partial charge < -0.3 is 10.6 Å². The van der Waals surface area contributed by atoms with E-state index in [0.717, 1.165) is 42.8 Å². The summed E-state index contributed by atoms with van der Waals surface area (Å²) < 4.78 is 0. The molecule has 3 N–H and O–H groups in total. The van der Waals surface area contributed by atoms with Gasteiger partial charge >= 0.3 is 0 Å². The molecule has 6 heteroatoms. The van der Waals surface area contributed by atoms with Crippen LogP contribution in [-0.2, 0) is 0 Å². The average Bonchev–Trinajstić information content (AvgIpc) is 2.76. The third-order valence-electron chi connectivity index (χ3n) is 2.98. The van der Waals surface area contributed by atoms with Gasteiger partial charge in [-0.1, -0.05) is 0 Å². The van der Waals surface area contributed by atoms with E-state index < -0.39 is 0 Å². The number of aromatic nitrogens is 4. The zero-order valence-corrected chi connectivity index (χ0v) is 8.93. The van der Waals surface area contributed by atoms with Gasteiger partial charge in [-0.25, -0.2) is 9.97 Å². The largest absolute Gasteiger partial charge is 0.354 e. The standard InChI is InChI=1S/C10H14N6.H2/c11-7-2-1-3-16(5-7)10-8-4-14-15-9(8)12-6-13-10;/h4,6-7H,1-3,5,11H2,(H,12,13,14,15);1H/t7-;/m1./s1. The first-order valence-corrected chi connectivity index (χ1v) is 5.49. The maximum Gasteiger partial charge on any atom is 0.160 e. The Balaban J connectivity index is 0.00000108. The second-order valence-electron chi connectivity index (χ2n) is 4.18. The Labute approximate surface area is 94.4 Å². The van der Waals surface area contributed by atoms with Crippen LogP contribution in [0, 0.1) is 0 Å². The second-order valence-corrected chi connectivity index (χ2v) is 4.18. The highest BCUT2D eigenvalue weighted by atomic mass is 15.2. The fourth-order valence-electron chi connectivity index (χ4n) is 2.21. The number of rotatable bonds is 1. The number of nitrogens with two attached hydrogens (primary N) is 1. The van der Waals surface area contributed by atoms with Crippen molar-refractivity contribution < 1.29 is 1.43 Å². The number of hydrogen-bond acceptors (Lipinski definition) is 5. The SMILES string of the molecule is N[C@@H]1CCCN(c2ncnc3[nH]ncc23)C1.[HH]. The molecule has 16 heavy (non-hydrogen) atoms. The fraction of sp³-hybridized carbons (Fsp3) is 0.500. The van der Waals surface area contributed by atoms with Crippen molar-refractivity contribution in [1.82, 2.24) is 20.2 Å². The van der Waals surface area contributed by atoms with E-state index in [9.17, 15) is 0 Å². The summed E-state index contributed by atoms with van der Waals surface area (Å²) >= 11 is 0. The van der Waals surface area contributed by atoms with Crippen LogP contribution in [0.3, 0.4) is 0 Å². The smallest absolute Gasteiger partial charge is 0.160 e. The van der Waals surface area contributed by atoms with Gasteiger partial charge in [-0.2, -0.15) is 5.10 Å². The van der Waals surface area contributed by atoms with Crippen LogP contribution in [0.1, 0.15) is 14.3 Å². The predicted molar refractivity (Wildman–Crippen MR) is 63.2 cm³/mol. The maximum atomic E-state index is 5.97. The molecule has 0 bridgehead atoms. The van der Waals surface area contributed by atoms with E-state index in [1.807, 2.05) is 0 Å². The third kappa shape index (κ3) is 1.51. The van der Waals surface area contributed by atoms with Crippen molar-refractivity contribution in [1.29, 1.82) is 0 Å². The summed E-state index contributed by atoms with van der Waals surface area (Å²) in [6, 6.07) is 0.241.